The van der Waals surface area contributed by atoms with Crippen LogP contribution in [0.3, 0.4) is 0 Å². The van der Waals surface area contributed by atoms with Crippen molar-refractivity contribution in [2.75, 3.05) is 19.8 Å². The summed E-state index contributed by atoms with van der Waals surface area (Å²) in [5, 5.41) is 0. The Hall–Kier alpha value is -1.88. The van der Waals surface area contributed by atoms with Crippen LogP contribution in [0.5, 0.6) is 0 Å². The lowest BCUT2D eigenvalue weighted by molar-refractivity contribution is -0.163. The Bertz CT molecular complexity index is 862. The normalized spacial score (nSPS) is 12.4. The van der Waals surface area contributed by atoms with Crippen LogP contribution in [-0.4, -0.2) is 37.9 Å². The minimum absolute atomic E-state index is 0.0736. The van der Waals surface area contributed by atoms with Gasteiger partial charge in [0.1, 0.15) is 6.61 Å². The lowest BCUT2D eigenvalue weighted by Crippen LogP contribution is -2.30. The largest absolute Gasteiger partial charge is 0.462 e. The summed E-state index contributed by atoms with van der Waals surface area (Å²) in [6.45, 7) is 7.64. The quantitative estimate of drug-likeness (QED) is 0.0352. The SMILES string of the molecule is CC/C=C\C/C=C\C/C=C\CCCCCC(=O)OCC(COCCCCCCCCCCCCCCCCCCCCCC)OC(=O)CCCCCCC. The smallest absolute Gasteiger partial charge is 0.306 e. The van der Waals surface area contributed by atoms with Gasteiger partial charge in [-0.2, -0.15) is 0 Å². The first-order valence-electron chi connectivity index (χ1n) is 23.5. The van der Waals surface area contributed by atoms with Gasteiger partial charge in [-0.3, -0.25) is 9.59 Å². The van der Waals surface area contributed by atoms with Gasteiger partial charge < -0.3 is 14.2 Å². The van der Waals surface area contributed by atoms with Crippen molar-refractivity contribution in [3.05, 3.63) is 36.5 Å². The van der Waals surface area contributed by atoms with Crippen LogP contribution in [0, 0.1) is 0 Å². The number of rotatable bonds is 43. The number of esters is 2. The first kappa shape index (κ1) is 52.1. The maximum Gasteiger partial charge on any atom is 0.306 e. The summed E-state index contributed by atoms with van der Waals surface area (Å²) in [5.41, 5.74) is 0. The molecule has 0 spiro atoms. The van der Waals surface area contributed by atoms with Crippen molar-refractivity contribution >= 4 is 11.9 Å². The standard InChI is InChI=1S/C49H90O5/c1-4-7-10-13-15-17-19-21-22-23-24-25-26-27-29-31-33-35-38-41-44-52-45-47(54-49(51)43-40-36-12-9-6-3)46-53-48(50)42-39-37-34-32-30-28-20-18-16-14-11-8-5-2/h8,11,16,18,28,30,47H,4-7,9-10,12-15,17,19-27,29,31-46H2,1-3H3/b11-8-,18-16-,30-28-. The Kier molecular flexibility index (Phi) is 43.9. The van der Waals surface area contributed by atoms with Crippen LogP contribution in [-0.2, 0) is 23.8 Å². The fraction of sp³-hybridized carbons (Fsp3) is 0.837. The molecule has 0 saturated carbocycles. The second kappa shape index (κ2) is 45.5. The molecule has 0 aliphatic heterocycles. The van der Waals surface area contributed by atoms with Gasteiger partial charge in [-0.25, -0.2) is 0 Å². The number of hydrogen-bond acceptors (Lipinski definition) is 5. The second-order valence-electron chi connectivity index (χ2n) is 15.6. The highest BCUT2D eigenvalue weighted by molar-refractivity contribution is 5.70. The number of carbonyl (C=O) groups is 2. The van der Waals surface area contributed by atoms with Crippen LogP contribution in [0.25, 0.3) is 0 Å². The highest BCUT2D eigenvalue weighted by atomic mass is 16.6. The maximum atomic E-state index is 12.5. The molecule has 0 saturated heterocycles. The van der Waals surface area contributed by atoms with Crippen LogP contribution in [0.2, 0.25) is 0 Å². The van der Waals surface area contributed by atoms with E-state index in [1.54, 1.807) is 0 Å². The number of hydrogen-bond donors (Lipinski definition) is 0. The molecule has 0 rings (SSSR count). The van der Waals surface area contributed by atoms with Crippen molar-refractivity contribution in [3.8, 4) is 0 Å². The van der Waals surface area contributed by atoms with Gasteiger partial charge in [-0.1, -0.05) is 211 Å². The third kappa shape index (κ3) is 42.9. The Labute approximate surface area is 336 Å². The lowest BCUT2D eigenvalue weighted by atomic mass is 10.0. The molecule has 5 heteroatoms. The van der Waals surface area contributed by atoms with Crippen LogP contribution in [0.1, 0.15) is 239 Å². The molecule has 0 heterocycles. The molecule has 316 valence electrons. The van der Waals surface area contributed by atoms with E-state index in [2.05, 4.69) is 57.2 Å². The molecule has 1 atom stereocenters. The fourth-order valence-electron chi connectivity index (χ4n) is 6.70. The van der Waals surface area contributed by atoms with E-state index in [1.165, 1.54) is 135 Å². The van der Waals surface area contributed by atoms with Crippen molar-refractivity contribution in [3.63, 3.8) is 0 Å². The van der Waals surface area contributed by atoms with Crippen LogP contribution in [0.4, 0.5) is 0 Å². The Balaban J connectivity index is 4.00. The van der Waals surface area contributed by atoms with E-state index in [9.17, 15) is 9.59 Å². The van der Waals surface area contributed by atoms with Crippen molar-refractivity contribution in [2.24, 2.45) is 0 Å². The minimum Gasteiger partial charge on any atom is -0.462 e. The van der Waals surface area contributed by atoms with Gasteiger partial charge >= 0.3 is 11.9 Å². The molecule has 0 aromatic rings. The van der Waals surface area contributed by atoms with Crippen molar-refractivity contribution in [2.45, 2.75) is 245 Å². The molecule has 54 heavy (non-hydrogen) atoms. The minimum atomic E-state index is -0.538. The number of carbonyl (C=O) groups excluding carboxylic acids is 2. The highest BCUT2D eigenvalue weighted by Gasteiger charge is 2.17. The molecule has 0 aromatic carbocycles. The molecule has 0 amide bonds. The van der Waals surface area contributed by atoms with Gasteiger partial charge in [0.15, 0.2) is 6.10 Å². The lowest BCUT2D eigenvalue weighted by Gasteiger charge is -2.18. The van der Waals surface area contributed by atoms with Gasteiger partial charge in [0.25, 0.3) is 0 Å². The summed E-state index contributed by atoms with van der Waals surface area (Å²) in [4.78, 5) is 25.0. The number of ether oxygens (including phenoxy) is 3. The van der Waals surface area contributed by atoms with E-state index in [0.717, 1.165) is 70.6 Å². The first-order valence-corrected chi connectivity index (χ1v) is 23.5. The topological polar surface area (TPSA) is 61.8 Å². The van der Waals surface area contributed by atoms with E-state index in [0.29, 0.717) is 19.4 Å². The fourth-order valence-corrected chi connectivity index (χ4v) is 6.70. The molecule has 0 aliphatic rings. The van der Waals surface area contributed by atoms with Crippen molar-refractivity contribution in [1.82, 2.24) is 0 Å². The Morgan fingerprint density at radius 2 is 0.833 bits per heavy atom. The van der Waals surface area contributed by atoms with Crippen LogP contribution < -0.4 is 0 Å². The molecule has 0 bridgehead atoms. The average Bonchev–Trinajstić information content (AvgIpc) is 3.17. The van der Waals surface area contributed by atoms with Gasteiger partial charge in [0, 0.05) is 19.4 Å². The number of unbranched alkanes of at least 4 members (excludes halogenated alkanes) is 26. The zero-order valence-electron chi connectivity index (χ0n) is 36.2. The summed E-state index contributed by atoms with van der Waals surface area (Å²) in [6, 6.07) is 0. The van der Waals surface area contributed by atoms with Crippen LogP contribution in [0.15, 0.2) is 36.5 Å². The molecular weight excluding hydrogens is 669 g/mol. The zero-order chi connectivity index (χ0) is 39.3. The molecule has 5 nitrogen and oxygen atoms in total. The van der Waals surface area contributed by atoms with E-state index in [4.69, 9.17) is 14.2 Å². The van der Waals surface area contributed by atoms with Crippen molar-refractivity contribution in [1.29, 1.82) is 0 Å². The first-order chi connectivity index (χ1) is 26.6. The molecular formula is C49H90O5. The predicted octanol–water partition coefficient (Wildman–Crippen LogP) is 15.4. The summed E-state index contributed by atoms with van der Waals surface area (Å²) in [5.74, 6) is -0.436. The third-order valence-corrected chi connectivity index (χ3v) is 10.2. The van der Waals surface area contributed by atoms with Gasteiger partial charge in [0.05, 0.1) is 6.61 Å². The maximum absolute atomic E-state index is 12.5. The highest BCUT2D eigenvalue weighted by Crippen LogP contribution is 2.15. The van der Waals surface area contributed by atoms with Crippen molar-refractivity contribution < 1.29 is 23.8 Å². The summed E-state index contributed by atoms with van der Waals surface area (Å²) in [7, 11) is 0. The summed E-state index contributed by atoms with van der Waals surface area (Å²) in [6.07, 6.45) is 53.3. The molecule has 1 unspecified atom stereocenters. The third-order valence-electron chi connectivity index (χ3n) is 10.2. The summed E-state index contributed by atoms with van der Waals surface area (Å²) >= 11 is 0. The number of allylic oxidation sites excluding steroid dienone is 6. The van der Waals surface area contributed by atoms with E-state index >= 15 is 0 Å². The molecule has 0 radical (unpaired) electrons. The molecule has 0 N–H and O–H groups in total. The molecule has 0 fully saturated rings. The van der Waals surface area contributed by atoms with Crippen LogP contribution >= 0.6 is 0 Å². The van der Waals surface area contributed by atoms with E-state index < -0.39 is 6.10 Å². The predicted molar refractivity (Wildman–Crippen MR) is 233 cm³/mol. The summed E-state index contributed by atoms with van der Waals surface area (Å²) < 4.78 is 17.2. The van der Waals surface area contributed by atoms with E-state index in [-0.39, 0.29) is 25.2 Å². The van der Waals surface area contributed by atoms with E-state index in [1.807, 2.05) is 0 Å². The van der Waals surface area contributed by atoms with Gasteiger partial charge in [-0.15, -0.1) is 0 Å². The Morgan fingerprint density at radius 3 is 1.33 bits per heavy atom. The Morgan fingerprint density at radius 1 is 0.426 bits per heavy atom. The second-order valence-corrected chi connectivity index (χ2v) is 15.6. The zero-order valence-corrected chi connectivity index (χ0v) is 36.2. The monoisotopic (exact) mass is 759 g/mol. The molecule has 0 aliphatic carbocycles. The van der Waals surface area contributed by atoms with Gasteiger partial charge in [-0.05, 0) is 51.4 Å². The van der Waals surface area contributed by atoms with Gasteiger partial charge in [0.2, 0.25) is 0 Å². The molecule has 0 aromatic heterocycles. The average molecular weight is 759 g/mol.